The Labute approximate surface area is 174 Å². The molecule has 2 rings (SSSR count). The quantitative estimate of drug-likeness (QED) is 0.256. The third-order valence-corrected chi connectivity index (χ3v) is 4.61. The van der Waals surface area contributed by atoms with Crippen LogP contribution in [-0.2, 0) is 9.53 Å². The molecular weight excluding hydrogens is 394 g/mol. The zero-order chi connectivity index (χ0) is 22.3. The van der Waals surface area contributed by atoms with Crippen molar-refractivity contribution in [2.75, 3.05) is 20.8 Å². The van der Waals surface area contributed by atoms with E-state index in [0.717, 1.165) is 12.8 Å². The molecule has 0 fully saturated rings. The number of ether oxygens (including phenoxy) is 3. The number of nitro benzene ring substituents is 1. The molecule has 1 aromatic rings. The number of benzene rings is 1. The molecule has 1 atom stereocenters. The molecule has 1 aliphatic heterocycles. The first-order valence-corrected chi connectivity index (χ1v) is 9.75. The third kappa shape index (κ3) is 5.00. The molecule has 0 bridgehead atoms. The van der Waals surface area contributed by atoms with Crippen LogP contribution in [0.1, 0.15) is 51.1 Å². The first kappa shape index (κ1) is 23.0. The average molecular weight is 421 g/mol. The van der Waals surface area contributed by atoms with E-state index in [-0.39, 0.29) is 22.8 Å². The van der Waals surface area contributed by atoms with Crippen LogP contribution in [0.3, 0.4) is 0 Å². The van der Waals surface area contributed by atoms with Crippen molar-refractivity contribution in [2.24, 2.45) is 0 Å². The molecule has 1 aromatic carbocycles. The molecule has 0 aliphatic carbocycles. The minimum absolute atomic E-state index is 0.0114. The topological polar surface area (TPSA) is 129 Å². The number of esters is 1. The van der Waals surface area contributed by atoms with Crippen molar-refractivity contribution in [1.29, 1.82) is 0 Å². The monoisotopic (exact) mass is 421 g/mol. The number of allylic oxidation sites excluding steroid dienone is 1. The first-order chi connectivity index (χ1) is 14.4. The number of methoxy groups -OCH3 is 2. The summed E-state index contributed by atoms with van der Waals surface area (Å²) in [5.41, 5.74) is 0.609. The van der Waals surface area contributed by atoms with Crippen molar-refractivity contribution < 1.29 is 28.7 Å². The summed E-state index contributed by atoms with van der Waals surface area (Å²) in [7, 11) is 2.61. The third-order valence-electron chi connectivity index (χ3n) is 4.61. The van der Waals surface area contributed by atoms with Crippen LogP contribution in [0.15, 0.2) is 23.4 Å². The van der Waals surface area contributed by atoms with Gasteiger partial charge in [-0.15, -0.1) is 0 Å². The van der Waals surface area contributed by atoms with Crippen molar-refractivity contribution in [1.82, 2.24) is 10.6 Å². The van der Waals surface area contributed by atoms with Gasteiger partial charge in [-0.05, 0) is 24.5 Å². The summed E-state index contributed by atoms with van der Waals surface area (Å²) in [6, 6.07) is 1.36. The Bertz CT molecular complexity index is 851. The van der Waals surface area contributed by atoms with Gasteiger partial charge in [0.1, 0.15) is 0 Å². The van der Waals surface area contributed by atoms with Gasteiger partial charge in [-0.25, -0.2) is 9.59 Å². The lowest BCUT2D eigenvalue weighted by molar-refractivity contribution is -0.386. The minimum Gasteiger partial charge on any atom is -0.493 e. The zero-order valence-electron chi connectivity index (χ0n) is 17.6. The molecule has 1 aliphatic rings. The second-order valence-corrected chi connectivity index (χ2v) is 6.70. The van der Waals surface area contributed by atoms with Crippen LogP contribution in [0.4, 0.5) is 10.5 Å². The van der Waals surface area contributed by atoms with E-state index in [4.69, 9.17) is 14.2 Å². The fourth-order valence-electron chi connectivity index (χ4n) is 3.19. The molecule has 0 spiro atoms. The van der Waals surface area contributed by atoms with Crippen LogP contribution in [0, 0.1) is 10.1 Å². The van der Waals surface area contributed by atoms with E-state index >= 15 is 0 Å². The van der Waals surface area contributed by atoms with E-state index in [1.54, 1.807) is 0 Å². The van der Waals surface area contributed by atoms with Gasteiger partial charge in [0.2, 0.25) is 5.75 Å². The van der Waals surface area contributed by atoms with Crippen molar-refractivity contribution in [2.45, 2.75) is 45.6 Å². The number of hydrogen-bond acceptors (Lipinski definition) is 7. The molecule has 0 radical (unpaired) electrons. The predicted octanol–water partition coefficient (Wildman–Crippen LogP) is 3.36. The van der Waals surface area contributed by atoms with Crippen LogP contribution in [0.25, 0.3) is 0 Å². The summed E-state index contributed by atoms with van der Waals surface area (Å²) in [6.07, 6.45) is 2.70. The molecule has 30 heavy (non-hydrogen) atoms. The van der Waals surface area contributed by atoms with Crippen LogP contribution in [-0.4, -0.2) is 37.8 Å². The van der Waals surface area contributed by atoms with Crippen LogP contribution in [0.5, 0.6) is 11.5 Å². The van der Waals surface area contributed by atoms with Gasteiger partial charge in [-0.1, -0.05) is 26.7 Å². The smallest absolute Gasteiger partial charge is 0.337 e. The lowest BCUT2D eigenvalue weighted by Crippen LogP contribution is -2.45. The molecule has 164 valence electrons. The molecule has 1 heterocycles. The van der Waals surface area contributed by atoms with Gasteiger partial charge >= 0.3 is 17.7 Å². The molecule has 0 aromatic heterocycles. The van der Waals surface area contributed by atoms with Crippen molar-refractivity contribution in [3.8, 4) is 11.5 Å². The van der Waals surface area contributed by atoms with Gasteiger partial charge in [-0.3, -0.25) is 10.1 Å². The van der Waals surface area contributed by atoms with E-state index in [9.17, 15) is 19.7 Å². The highest BCUT2D eigenvalue weighted by molar-refractivity contribution is 5.95. The van der Waals surface area contributed by atoms with E-state index in [1.807, 2.05) is 13.8 Å². The fraction of sp³-hybridized carbons (Fsp3) is 0.500. The van der Waals surface area contributed by atoms with Crippen LogP contribution in [0.2, 0.25) is 0 Å². The molecule has 10 heteroatoms. The Kier molecular flexibility index (Phi) is 8.02. The summed E-state index contributed by atoms with van der Waals surface area (Å²) in [5, 5.41) is 17.0. The summed E-state index contributed by atoms with van der Waals surface area (Å²) in [4.78, 5) is 35.8. The van der Waals surface area contributed by atoms with Crippen molar-refractivity contribution >= 4 is 17.7 Å². The molecule has 1 unspecified atom stereocenters. The highest BCUT2D eigenvalue weighted by Gasteiger charge is 2.35. The zero-order valence-corrected chi connectivity index (χ0v) is 17.6. The van der Waals surface area contributed by atoms with Gasteiger partial charge in [0.25, 0.3) is 0 Å². The van der Waals surface area contributed by atoms with E-state index in [1.165, 1.54) is 26.4 Å². The molecule has 10 nitrogen and oxygen atoms in total. The maximum Gasteiger partial charge on any atom is 0.337 e. The lowest BCUT2D eigenvalue weighted by atomic mass is 9.93. The number of carbonyl (C=O) groups excluding carboxylic acids is 2. The number of unbranched alkanes of at least 4 members (excludes halogenated alkanes) is 1. The van der Waals surface area contributed by atoms with E-state index in [0.29, 0.717) is 30.7 Å². The van der Waals surface area contributed by atoms with Gasteiger partial charge < -0.3 is 24.8 Å². The number of nitrogens with one attached hydrogen (secondary N) is 2. The predicted molar refractivity (Wildman–Crippen MR) is 108 cm³/mol. The maximum atomic E-state index is 12.5. The number of hydrogen-bond donors (Lipinski definition) is 2. The number of nitrogens with zero attached hydrogens (tertiary/aromatic N) is 1. The first-order valence-electron chi connectivity index (χ1n) is 9.75. The van der Waals surface area contributed by atoms with Gasteiger partial charge in [0.15, 0.2) is 5.75 Å². The summed E-state index contributed by atoms with van der Waals surface area (Å²) < 4.78 is 15.8. The standard InChI is InChI=1S/C20H27N3O7/c1-5-7-9-30-18-14(23(26)27)10-12(11-15(18)28-3)17-16(19(24)29-4)13(8-6-2)21-20(25)22-17/h10-11,17H,5-9H2,1-4H3,(H2,21,22,25). The van der Waals surface area contributed by atoms with Gasteiger partial charge in [0.05, 0.1) is 37.4 Å². The van der Waals surface area contributed by atoms with Crippen LogP contribution < -0.4 is 20.1 Å². The van der Waals surface area contributed by atoms with Crippen molar-refractivity contribution in [3.63, 3.8) is 0 Å². The summed E-state index contributed by atoms with van der Waals surface area (Å²) in [5.74, 6) is -0.484. The summed E-state index contributed by atoms with van der Waals surface area (Å²) >= 11 is 0. The highest BCUT2D eigenvalue weighted by atomic mass is 16.6. The molecule has 0 saturated heterocycles. The fourth-order valence-corrected chi connectivity index (χ4v) is 3.19. The average Bonchev–Trinajstić information content (AvgIpc) is 2.72. The number of rotatable bonds is 10. The molecule has 2 amide bonds. The highest BCUT2D eigenvalue weighted by Crippen LogP contribution is 2.42. The maximum absolute atomic E-state index is 12.5. The Morgan fingerprint density at radius 3 is 2.53 bits per heavy atom. The van der Waals surface area contributed by atoms with Crippen LogP contribution >= 0.6 is 0 Å². The van der Waals surface area contributed by atoms with E-state index in [2.05, 4.69) is 10.6 Å². The Morgan fingerprint density at radius 1 is 1.23 bits per heavy atom. The van der Waals surface area contributed by atoms with Gasteiger partial charge in [-0.2, -0.15) is 0 Å². The molecular formula is C20H27N3O7. The largest absolute Gasteiger partial charge is 0.493 e. The SMILES string of the molecule is CCCCOc1c(OC)cc(C2NC(=O)NC(CCC)=C2C(=O)OC)cc1[N+](=O)[O-]. The minimum atomic E-state index is -0.940. The number of urea groups is 1. The Hall–Kier alpha value is -3.30. The number of nitro groups is 1. The normalized spacial score (nSPS) is 15.9. The van der Waals surface area contributed by atoms with Crippen molar-refractivity contribution in [3.05, 3.63) is 39.1 Å². The summed E-state index contributed by atoms with van der Waals surface area (Å²) in [6.45, 7) is 4.18. The second kappa shape index (κ2) is 10.5. The van der Waals surface area contributed by atoms with E-state index < -0.39 is 23.0 Å². The Morgan fingerprint density at radius 2 is 1.97 bits per heavy atom. The Balaban J connectivity index is 2.63. The second-order valence-electron chi connectivity index (χ2n) is 6.70. The lowest BCUT2D eigenvalue weighted by Gasteiger charge is -2.29. The molecule has 0 saturated carbocycles. The number of carbonyl (C=O) groups is 2. The molecule has 2 N–H and O–H groups in total. The van der Waals surface area contributed by atoms with Gasteiger partial charge in [0, 0.05) is 11.8 Å². The number of amides is 2.